The van der Waals surface area contributed by atoms with Crippen LogP contribution < -0.4 is 11.1 Å². The first-order valence-electron chi connectivity index (χ1n) is 7.56. The van der Waals surface area contributed by atoms with Crippen molar-refractivity contribution >= 4 is 17.5 Å². The Labute approximate surface area is 134 Å². The fraction of sp³-hybridized carbons (Fsp3) is 0.400. The van der Waals surface area contributed by atoms with Crippen LogP contribution in [0.4, 0.5) is 11.6 Å². The van der Waals surface area contributed by atoms with E-state index in [1.807, 2.05) is 0 Å². The summed E-state index contributed by atoms with van der Waals surface area (Å²) in [6.07, 6.45) is 10.3. The van der Waals surface area contributed by atoms with Gasteiger partial charge in [0.05, 0.1) is 24.6 Å². The Morgan fingerprint density at radius 3 is 2.91 bits per heavy atom. The van der Waals surface area contributed by atoms with Crippen molar-refractivity contribution in [3.8, 4) is 0 Å². The fourth-order valence-electron chi connectivity index (χ4n) is 2.79. The smallest absolute Gasteiger partial charge is 0.231 e. The molecule has 3 N–H and O–H groups in total. The number of anilines is 2. The van der Waals surface area contributed by atoms with E-state index in [2.05, 4.69) is 30.2 Å². The quantitative estimate of drug-likeness (QED) is 0.835. The summed E-state index contributed by atoms with van der Waals surface area (Å²) in [6.45, 7) is 1.96. The van der Waals surface area contributed by atoms with Gasteiger partial charge in [-0.05, 0) is 19.4 Å². The van der Waals surface area contributed by atoms with Crippen molar-refractivity contribution in [3.05, 3.63) is 36.7 Å². The summed E-state index contributed by atoms with van der Waals surface area (Å²) in [4.78, 5) is 30.2. The first kappa shape index (κ1) is 15.3. The molecule has 0 aliphatic carbocycles. The molecule has 0 spiro atoms. The molecule has 0 bridgehead atoms. The molecule has 1 aliphatic heterocycles. The molecule has 0 aromatic carbocycles. The van der Waals surface area contributed by atoms with Crippen LogP contribution in [0.25, 0.3) is 0 Å². The van der Waals surface area contributed by atoms with E-state index in [1.165, 1.54) is 0 Å². The van der Waals surface area contributed by atoms with Crippen molar-refractivity contribution in [2.45, 2.75) is 18.8 Å². The molecule has 1 amide bonds. The summed E-state index contributed by atoms with van der Waals surface area (Å²) >= 11 is 0. The Morgan fingerprint density at radius 1 is 1.26 bits per heavy atom. The third kappa shape index (κ3) is 4.19. The number of aromatic nitrogens is 4. The minimum Gasteiger partial charge on any atom is -0.369 e. The van der Waals surface area contributed by atoms with Gasteiger partial charge in [0.15, 0.2) is 0 Å². The maximum absolute atomic E-state index is 11.1. The number of likely N-dealkylation sites (tertiary alicyclic amines) is 1. The zero-order valence-corrected chi connectivity index (χ0v) is 12.7. The molecule has 1 saturated heterocycles. The minimum absolute atomic E-state index is 0.249. The number of nitrogens with two attached hydrogens (primary N) is 1. The minimum atomic E-state index is -0.296. The standard InChI is InChI=1S/C15H19N7O/c16-13(23)10-22-5-1-2-11(9-22)12-6-18-8-15(20-12)21-14-7-17-3-4-19-14/h3-4,6-8,11H,1-2,5,9-10H2,(H2,16,23)(H,19,20,21). The lowest BCUT2D eigenvalue weighted by Crippen LogP contribution is -2.40. The second kappa shape index (κ2) is 7.10. The van der Waals surface area contributed by atoms with Crippen molar-refractivity contribution in [2.75, 3.05) is 25.0 Å². The molecule has 1 unspecified atom stereocenters. The molecule has 1 aliphatic rings. The Kier molecular flexibility index (Phi) is 4.72. The van der Waals surface area contributed by atoms with Crippen LogP contribution in [0.5, 0.6) is 0 Å². The van der Waals surface area contributed by atoms with E-state index in [9.17, 15) is 4.79 Å². The van der Waals surface area contributed by atoms with Gasteiger partial charge in [-0.2, -0.15) is 0 Å². The molecule has 8 heteroatoms. The molecule has 2 aromatic heterocycles. The van der Waals surface area contributed by atoms with Crippen LogP contribution in [0.2, 0.25) is 0 Å². The predicted molar refractivity (Wildman–Crippen MR) is 85.0 cm³/mol. The van der Waals surface area contributed by atoms with Crippen LogP contribution in [0.3, 0.4) is 0 Å². The van der Waals surface area contributed by atoms with Crippen molar-refractivity contribution in [1.29, 1.82) is 0 Å². The van der Waals surface area contributed by atoms with Crippen LogP contribution in [0.15, 0.2) is 31.0 Å². The molecule has 0 saturated carbocycles. The molecule has 0 radical (unpaired) electrons. The molecule has 1 fully saturated rings. The molecule has 23 heavy (non-hydrogen) atoms. The van der Waals surface area contributed by atoms with Crippen LogP contribution in [0.1, 0.15) is 24.5 Å². The average molecular weight is 313 g/mol. The fourth-order valence-corrected chi connectivity index (χ4v) is 2.79. The topological polar surface area (TPSA) is 110 Å². The molecule has 3 heterocycles. The lowest BCUT2D eigenvalue weighted by molar-refractivity contribution is -0.119. The summed E-state index contributed by atoms with van der Waals surface area (Å²) in [7, 11) is 0. The number of amides is 1. The Hall–Kier alpha value is -2.61. The number of carbonyl (C=O) groups excluding carboxylic acids is 1. The number of hydrogen-bond donors (Lipinski definition) is 2. The van der Waals surface area contributed by atoms with E-state index in [-0.39, 0.29) is 11.8 Å². The lowest BCUT2D eigenvalue weighted by atomic mass is 9.95. The van der Waals surface area contributed by atoms with Gasteiger partial charge in [0.1, 0.15) is 11.6 Å². The van der Waals surface area contributed by atoms with E-state index < -0.39 is 0 Å². The highest BCUT2D eigenvalue weighted by atomic mass is 16.1. The zero-order valence-electron chi connectivity index (χ0n) is 12.7. The lowest BCUT2D eigenvalue weighted by Gasteiger charge is -2.31. The third-order valence-electron chi connectivity index (χ3n) is 3.78. The number of carbonyl (C=O) groups is 1. The second-order valence-corrected chi connectivity index (χ2v) is 5.59. The van der Waals surface area contributed by atoms with E-state index in [4.69, 9.17) is 5.73 Å². The van der Waals surface area contributed by atoms with Gasteiger partial charge in [0.25, 0.3) is 0 Å². The van der Waals surface area contributed by atoms with Gasteiger partial charge >= 0.3 is 0 Å². The van der Waals surface area contributed by atoms with Crippen molar-refractivity contribution in [2.24, 2.45) is 5.73 Å². The van der Waals surface area contributed by atoms with Gasteiger partial charge in [-0.3, -0.25) is 19.7 Å². The number of rotatable bonds is 5. The molecule has 2 aromatic rings. The van der Waals surface area contributed by atoms with Crippen molar-refractivity contribution in [3.63, 3.8) is 0 Å². The van der Waals surface area contributed by atoms with Gasteiger partial charge in [-0.25, -0.2) is 9.97 Å². The van der Waals surface area contributed by atoms with Crippen LogP contribution in [-0.4, -0.2) is 50.4 Å². The van der Waals surface area contributed by atoms with E-state index in [0.29, 0.717) is 18.2 Å². The summed E-state index contributed by atoms with van der Waals surface area (Å²) in [6, 6.07) is 0. The average Bonchev–Trinajstić information content (AvgIpc) is 2.56. The largest absolute Gasteiger partial charge is 0.369 e. The van der Waals surface area contributed by atoms with Crippen LogP contribution in [0, 0.1) is 0 Å². The van der Waals surface area contributed by atoms with E-state index in [0.717, 1.165) is 31.6 Å². The van der Waals surface area contributed by atoms with E-state index in [1.54, 1.807) is 31.0 Å². The molecule has 1 atom stereocenters. The molecule has 8 nitrogen and oxygen atoms in total. The Balaban J connectivity index is 1.70. The van der Waals surface area contributed by atoms with Gasteiger partial charge in [0.2, 0.25) is 5.91 Å². The highest BCUT2D eigenvalue weighted by molar-refractivity contribution is 5.75. The number of nitrogens with one attached hydrogen (secondary N) is 1. The van der Waals surface area contributed by atoms with Crippen LogP contribution >= 0.6 is 0 Å². The Morgan fingerprint density at radius 2 is 2.13 bits per heavy atom. The highest BCUT2D eigenvalue weighted by Gasteiger charge is 2.23. The molecule has 120 valence electrons. The summed E-state index contributed by atoms with van der Waals surface area (Å²) < 4.78 is 0. The van der Waals surface area contributed by atoms with Gasteiger partial charge in [-0.1, -0.05) is 0 Å². The number of hydrogen-bond acceptors (Lipinski definition) is 7. The van der Waals surface area contributed by atoms with Gasteiger partial charge in [-0.15, -0.1) is 0 Å². The van der Waals surface area contributed by atoms with Crippen LogP contribution in [-0.2, 0) is 4.79 Å². The summed E-state index contributed by atoms with van der Waals surface area (Å²) in [5.41, 5.74) is 6.20. The molecule has 3 rings (SSSR count). The van der Waals surface area contributed by atoms with Crippen molar-refractivity contribution in [1.82, 2.24) is 24.8 Å². The van der Waals surface area contributed by atoms with Crippen molar-refractivity contribution < 1.29 is 4.79 Å². The third-order valence-corrected chi connectivity index (χ3v) is 3.78. The van der Waals surface area contributed by atoms with E-state index >= 15 is 0 Å². The number of piperidine rings is 1. The monoisotopic (exact) mass is 313 g/mol. The Bertz CT molecular complexity index is 664. The first-order chi connectivity index (χ1) is 11.2. The molecular weight excluding hydrogens is 294 g/mol. The SMILES string of the molecule is NC(=O)CN1CCCC(c2cncc(Nc3cnccn3)n2)C1. The summed E-state index contributed by atoms with van der Waals surface area (Å²) in [5.74, 6) is 1.21. The van der Waals surface area contributed by atoms with Gasteiger partial charge < -0.3 is 11.1 Å². The normalized spacial score (nSPS) is 18.5. The van der Waals surface area contributed by atoms with Gasteiger partial charge in [0, 0.05) is 31.1 Å². The predicted octanol–water partition coefficient (Wildman–Crippen LogP) is 0.675. The number of nitrogens with zero attached hydrogens (tertiary/aromatic N) is 5. The zero-order chi connectivity index (χ0) is 16.1. The molecular formula is C15H19N7O. The maximum atomic E-state index is 11.1. The summed E-state index contributed by atoms with van der Waals surface area (Å²) in [5, 5.41) is 3.09. The first-order valence-corrected chi connectivity index (χ1v) is 7.56. The maximum Gasteiger partial charge on any atom is 0.231 e. The number of primary amides is 1. The highest BCUT2D eigenvalue weighted by Crippen LogP contribution is 2.26. The second-order valence-electron chi connectivity index (χ2n) is 5.59.